The molecule has 1 fully saturated rings. The van der Waals surface area contributed by atoms with Gasteiger partial charge in [-0.1, -0.05) is 9.24 Å². The summed E-state index contributed by atoms with van der Waals surface area (Å²) in [6.45, 7) is 5.12. The molecule has 0 saturated heterocycles. The maximum Gasteiger partial charge on any atom is 0.159 e. The van der Waals surface area contributed by atoms with Crippen molar-refractivity contribution in [3.05, 3.63) is 47.4 Å². The zero-order valence-corrected chi connectivity index (χ0v) is 18.8. The lowest BCUT2D eigenvalue weighted by atomic mass is 10.2. The lowest BCUT2D eigenvalue weighted by Gasteiger charge is -2.10. The van der Waals surface area contributed by atoms with E-state index in [1.165, 1.54) is 12.8 Å². The zero-order chi connectivity index (χ0) is 21.5. The highest BCUT2D eigenvalue weighted by molar-refractivity contribution is 7.28. The molecule has 1 saturated carbocycles. The molecule has 4 aromatic rings. The lowest BCUT2D eigenvalue weighted by Crippen LogP contribution is -2.12. The quantitative estimate of drug-likeness (QED) is 0.384. The van der Waals surface area contributed by atoms with E-state index in [-0.39, 0.29) is 0 Å². The van der Waals surface area contributed by atoms with Crippen LogP contribution in [0.4, 0.5) is 11.6 Å². The smallest absolute Gasteiger partial charge is 0.159 e. The van der Waals surface area contributed by atoms with Gasteiger partial charge in [0.15, 0.2) is 5.82 Å². The molecular weight excluding hydrogens is 409 g/mol. The van der Waals surface area contributed by atoms with Crippen molar-refractivity contribution in [2.45, 2.75) is 39.2 Å². The summed E-state index contributed by atoms with van der Waals surface area (Å²) in [5.74, 6) is 2.79. The number of aromatic amines is 1. The summed E-state index contributed by atoms with van der Waals surface area (Å²) in [5.41, 5.74) is 11.5. The van der Waals surface area contributed by atoms with E-state index in [4.69, 9.17) is 10.5 Å². The Labute approximate surface area is 182 Å². The fourth-order valence-electron chi connectivity index (χ4n) is 3.94. The molecule has 3 heterocycles. The Morgan fingerprint density at radius 1 is 1.23 bits per heavy atom. The van der Waals surface area contributed by atoms with Crippen LogP contribution in [0.1, 0.15) is 42.8 Å². The standard InChI is InChI=1S/C22H26N7OP/c1-3-30-16-8-6-15(7-9-16)29-20(23)18-12(2)25-28-21(19(18)22(29)31)24-11-14-10-17(27-26-14)13-4-5-13/h6-10,13H,3-5,11,23,31H2,1-2H3,(H,24,28)(H,26,27). The molecule has 1 aliphatic rings. The molecule has 1 aliphatic carbocycles. The van der Waals surface area contributed by atoms with Crippen LogP contribution in [0.25, 0.3) is 16.5 Å². The molecule has 1 aromatic carbocycles. The molecule has 1 unspecified atom stereocenters. The summed E-state index contributed by atoms with van der Waals surface area (Å²) in [4.78, 5) is 0. The van der Waals surface area contributed by atoms with E-state index in [9.17, 15) is 0 Å². The number of nitrogen functional groups attached to an aromatic ring is 1. The fraction of sp³-hybridized carbons (Fsp3) is 0.318. The first-order valence-corrected chi connectivity index (χ1v) is 11.1. The van der Waals surface area contributed by atoms with Crippen LogP contribution in [0.15, 0.2) is 30.3 Å². The van der Waals surface area contributed by atoms with Crippen LogP contribution in [0, 0.1) is 6.92 Å². The van der Waals surface area contributed by atoms with E-state index in [0.29, 0.717) is 30.7 Å². The van der Waals surface area contributed by atoms with Gasteiger partial charge in [0, 0.05) is 11.6 Å². The minimum absolute atomic E-state index is 0.588. The van der Waals surface area contributed by atoms with Gasteiger partial charge in [-0.05, 0) is 57.0 Å². The summed E-state index contributed by atoms with van der Waals surface area (Å²) in [5, 5.41) is 21.6. The summed E-state index contributed by atoms with van der Waals surface area (Å²) < 4.78 is 7.57. The normalized spacial score (nSPS) is 13.6. The van der Waals surface area contributed by atoms with Crippen molar-refractivity contribution in [2.24, 2.45) is 0 Å². The largest absolute Gasteiger partial charge is 0.494 e. The summed E-state index contributed by atoms with van der Waals surface area (Å²) in [7, 11) is 2.81. The van der Waals surface area contributed by atoms with Crippen molar-refractivity contribution >= 4 is 37.1 Å². The lowest BCUT2D eigenvalue weighted by molar-refractivity contribution is 0.340. The molecule has 160 valence electrons. The maximum absolute atomic E-state index is 6.60. The van der Waals surface area contributed by atoms with Crippen molar-refractivity contribution in [3.8, 4) is 11.4 Å². The topological polar surface area (TPSA) is 107 Å². The molecule has 9 heteroatoms. The maximum atomic E-state index is 6.60. The van der Waals surface area contributed by atoms with E-state index in [2.05, 4.69) is 41.0 Å². The number of aryl methyl sites for hydroxylation is 1. The van der Waals surface area contributed by atoms with E-state index < -0.39 is 0 Å². The molecule has 0 radical (unpaired) electrons. The Bertz CT molecular complexity index is 1240. The number of benzene rings is 1. The molecule has 4 N–H and O–H groups in total. The van der Waals surface area contributed by atoms with Crippen LogP contribution in [0.3, 0.4) is 0 Å². The molecule has 0 bridgehead atoms. The van der Waals surface area contributed by atoms with Crippen molar-refractivity contribution < 1.29 is 4.74 Å². The number of hydrogen-bond donors (Lipinski definition) is 3. The van der Waals surface area contributed by atoms with Gasteiger partial charge in [-0.25, -0.2) is 0 Å². The monoisotopic (exact) mass is 435 g/mol. The SMILES string of the molecule is CCOc1ccc(-n2c(N)c3c(C)nnc(NCc4cc(C5CC5)n[nH]4)c3c2P)cc1. The third-order valence-electron chi connectivity index (χ3n) is 5.64. The van der Waals surface area contributed by atoms with Crippen LogP contribution in [0.5, 0.6) is 5.75 Å². The summed E-state index contributed by atoms with van der Waals surface area (Å²) in [6.07, 6.45) is 2.47. The van der Waals surface area contributed by atoms with Crippen LogP contribution in [-0.4, -0.2) is 31.6 Å². The van der Waals surface area contributed by atoms with Gasteiger partial charge in [0.25, 0.3) is 0 Å². The number of rotatable bonds is 7. The highest BCUT2D eigenvalue weighted by Crippen LogP contribution is 2.39. The predicted octanol–water partition coefficient (Wildman–Crippen LogP) is 3.42. The summed E-state index contributed by atoms with van der Waals surface area (Å²) >= 11 is 0. The molecular formula is C22H26N7OP. The Hall–Kier alpha value is -3.12. The molecule has 5 rings (SSSR count). The molecule has 0 spiro atoms. The van der Waals surface area contributed by atoms with E-state index in [1.807, 2.05) is 42.7 Å². The number of hydrogen-bond acceptors (Lipinski definition) is 6. The van der Waals surface area contributed by atoms with Gasteiger partial charge in [0.05, 0.1) is 46.4 Å². The van der Waals surface area contributed by atoms with Crippen LogP contribution < -0.4 is 21.2 Å². The van der Waals surface area contributed by atoms with E-state index in [0.717, 1.165) is 44.7 Å². The van der Waals surface area contributed by atoms with Crippen molar-refractivity contribution in [3.63, 3.8) is 0 Å². The Kier molecular flexibility index (Phi) is 5.02. The molecule has 31 heavy (non-hydrogen) atoms. The minimum Gasteiger partial charge on any atom is -0.494 e. The van der Waals surface area contributed by atoms with Gasteiger partial charge in [-0.2, -0.15) is 10.2 Å². The van der Waals surface area contributed by atoms with Crippen molar-refractivity contribution in [1.82, 2.24) is 25.0 Å². The number of H-pyrrole nitrogens is 1. The van der Waals surface area contributed by atoms with Crippen molar-refractivity contribution in [2.75, 3.05) is 17.7 Å². The Morgan fingerprint density at radius 3 is 2.71 bits per heavy atom. The van der Waals surface area contributed by atoms with Crippen molar-refractivity contribution in [1.29, 1.82) is 0 Å². The highest BCUT2D eigenvalue weighted by Gasteiger charge is 2.26. The zero-order valence-electron chi connectivity index (χ0n) is 17.6. The summed E-state index contributed by atoms with van der Waals surface area (Å²) in [6, 6.07) is 10.0. The third kappa shape index (κ3) is 3.61. The number of anilines is 2. The molecule has 0 amide bonds. The second-order valence-corrected chi connectivity index (χ2v) is 8.41. The average molecular weight is 435 g/mol. The van der Waals surface area contributed by atoms with Crippen LogP contribution >= 0.6 is 9.24 Å². The fourth-order valence-corrected chi connectivity index (χ4v) is 4.51. The first-order chi connectivity index (χ1) is 15.1. The third-order valence-corrected chi connectivity index (χ3v) is 6.19. The number of aromatic nitrogens is 5. The number of ether oxygens (including phenoxy) is 1. The van der Waals surface area contributed by atoms with Gasteiger partial charge in [-0.15, -0.1) is 5.10 Å². The van der Waals surface area contributed by atoms with E-state index >= 15 is 0 Å². The van der Waals surface area contributed by atoms with Gasteiger partial charge in [0.1, 0.15) is 11.6 Å². The molecule has 8 nitrogen and oxygen atoms in total. The number of nitrogens with two attached hydrogens (primary N) is 1. The number of fused-ring (bicyclic) bond motifs is 1. The first-order valence-electron chi connectivity index (χ1n) is 10.5. The van der Waals surface area contributed by atoms with Gasteiger partial charge < -0.3 is 15.8 Å². The van der Waals surface area contributed by atoms with Crippen LogP contribution in [-0.2, 0) is 6.54 Å². The Morgan fingerprint density at radius 2 is 2.00 bits per heavy atom. The Balaban J connectivity index is 1.50. The second-order valence-electron chi connectivity index (χ2n) is 7.86. The van der Waals surface area contributed by atoms with Crippen LogP contribution in [0.2, 0.25) is 0 Å². The van der Waals surface area contributed by atoms with E-state index in [1.54, 1.807) is 0 Å². The minimum atomic E-state index is 0.588. The second kappa shape index (κ2) is 7.85. The number of nitrogens with one attached hydrogen (secondary N) is 2. The molecule has 3 aromatic heterocycles. The van der Waals surface area contributed by atoms with Gasteiger partial charge in [-0.3, -0.25) is 9.67 Å². The van der Waals surface area contributed by atoms with Gasteiger partial charge >= 0.3 is 0 Å². The number of nitrogens with zero attached hydrogens (tertiary/aromatic N) is 4. The predicted molar refractivity (Wildman–Crippen MR) is 126 cm³/mol. The molecule has 0 aliphatic heterocycles. The highest BCUT2D eigenvalue weighted by atomic mass is 31.0. The first kappa shape index (κ1) is 19.8. The molecule has 1 atom stereocenters. The average Bonchev–Trinajstić information content (AvgIpc) is 3.45. The van der Waals surface area contributed by atoms with Gasteiger partial charge in [0.2, 0.25) is 0 Å².